The molecule has 2 aromatic rings. The van der Waals surface area contributed by atoms with E-state index in [0.29, 0.717) is 31.0 Å². The minimum atomic E-state index is -0.969. The van der Waals surface area contributed by atoms with Crippen LogP contribution in [0.25, 0.3) is 0 Å². The summed E-state index contributed by atoms with van der Waals surface area (Å²) < 4.78 is 5.27. The van der Waals surface area contributed by atoms with E-state index in [0.717, 1.165) is 18.7 Å². The van der Waals surface area contributed by atoms with Gasteiger partial charge in [-0.15, -0.1) is 0 Å². The predicted molar refractivity (Wildman–Crippen MR) is 74.3 cm³/mol. The van der Waals surface area contributed by atoms with Crippen LogP contribution in [0.2, 0.25) is 0 Å². The van der Waals surface area contributed by atoms with Crippen molar-refractivity contribution in [3.8, 4) is 0 Å². The average molecular weight is 273 g/mol. The molecule has 0 aliphatic carbocycles. The number of rotatable bonds is 3. The van der Waals surface area contributed by atoms with Crippen LogP contribution < -0.4 is 5.32 Å². The van der Waals surface area contributed by atoms with E-state index in [2.05, 4.69) is 34.5 Å². The Labute approximate surface area is 118 Å². The van der Waals surface area contributed by atoms with E-state index in [1.807, 2.05) is 12.1 Å². The van der Waals surface area contributed by atoms with Gasteiger partial charge in [-0.3, -0.25) is 0 Å². The van der Waals surface area contributed by atoms with E-state index in [1.165, 1.54) is 5.56 Å². The second-order valence-corrected chi connectivity index (χ2v) is 5.46. The van der Waals surface area contributed by atoms with Crippen molar-refractivity contribution in [3.63, 3.8) is 0 Å². The molecular formula is C15H19N3O2. The fraction of sp³-hybridized carbons (Fsp3) is 0.467. The molecule has 1 fully saturated rings. The quantitative estimate of drug-likeness (QED) is 0.887. The molecule has 1 aromatic carbocycles. The Hall–Kier alpha value is -1.72. The Kier molecular flexibility index (Phi) is 3.54. The van der Waals surface area contributed by atoms with Gasteiger partial charge in [0.05, 0.1) is 0 Å². The van der Waals surface area contributed by atoms with Crippen LogP contribution in [0.15, 0.2) is 28.8 Å². The SMILES string of the molecule is Cc1cccc(Cc2noc(C3(O)CCNCC3)n2)c1. The number of benzene rings is 1. The highest BCUT2D eigenvalue weighted by molar-refractivity contribution is 5.24. The molecule has 5 nitrogen and oxygen atoms in total. The minimum Gasteiger partial charge on any atom is -0.380 e. The van der Waals surface area contributed by atoms with E-state index in [9.17, 15) is 5.11 Å². The van der Waals surface area contributed by atoms with E-state index in [1.54, 1.807) is 0 Å². The summed E-state index contributed by atoms with van der Waals surface area (Å²) in [5.74, 6) is 0.971. The molecule has 0 amide bonds. The summed E-state index contributed by atoms with van der Waals surface area (Å²) in [6, 6.07) is 8.23. The molecule has 0 bridgehead atoms. The van der Waals surface area contributed by atoms with Crippen molar-refractivity contribution in [2.24, 2.45) is 0 Å². The Balaban J connectivity index is 1.76. The fourth-order valence-corrected chi connectivity index (χ4v) is 2.57. The summed E-state index contributed by atoms with van der Waals surface area (Å²) in [7, 11) is 0. The number of nitrogens with zero attached hydrogens (tertiary/aromatic N) is 2. The van der Waals surface area contributed by atoms with Crippen molar-refractivity contribution >= 4 is 0 Å². The van der Waals surface area contributed by atoms with Crippen molar-refractivity contribution in [2.75, 3.05) is 13.1 Å². The average Bonchev–Trinajstić information content (AvgIpc) is 2.89. The first-order chi connectivity index (χ1) is 9.66. The molecule has 3 rings (SSSR count). The Morgan fingerprint density at radius 3 is 2.90 bits per heavy atom. The van der Waals surface area contributed by atoms with E-state index >= 15 is 0 Å². The summed E-state index contributed by atoms with van der Waals surface area (Å²) in [5, 5.41) is 17.7. The van der Waals surface area contributed by atoms with Gasteiger partial charge < -0.3 is 14.9 Å². The van der Waals surface area contributed by atoms with Crippen molar-refractivity contribution in [1.82, 2.24) is 15.5 Å². The molecule has 0 unspecified atom stereocenters. The summed E-state index contributed by atoms with van der Waals surface area (Å²) in [4.78, 5) is 4.38. The first-order valence-electron chi connectivity index (χ1n) is 6.97. The third kappa shape index (κ3) is 2.73. The van der Waals surface area contributed by atoms with Crippen molar-refractivity contribution in [1.29, 1.82) is 0 Å². The molecule has 2 N–H and O–H groups in total. The smallest absolute Gasteiger partial charge is 0.258 e. The van der Waals surface area contributed by atoms with Crippen LogP contribution in [0, 0.1) is 6.92 Å². The zero-order valence-electron chi connectivity index (χ0n) is 11.6. The molecule has 20 heavy (non-hydrogen) atoms. The molecule has 1 aliphatic heterocycles. The molecule has 0 radical (unpaired) electrons. The normalized spacial score (nSPS) is 18.1. The van der Waals surface area contributed by atoms with Crippen LogP contribution in [-0.2, 0) is 12.0 Å². The van der Waals surface area contributed by atoms with Crippen LogP contribution in [-0.4, -0.2) is 28.3 Å². The Morgan fingerprint density at radius 1 is 1.35 bits per heavy atom. The predicted octanol–water partition coefficient (Wildman–Crippen LogP) is 1.54. The molecule has 106 valence electrons. The third-order valence-corrected chi connectivity index (χ3v) is 3.74. The lowest BCUT2D eigenvalue weighted by Gasteiger charge is -2.28. The first kappa shape index (κ1) is 13.3. The maximum atomic E-state index is 10.5. The number of aromatic nitrogens is 2. The van der Waals surface area contributed by atoms with Gasteiger partial charge in [0.15, 0.2) is 5.82 Å². The molecule has 0 saturated carbocycles. The van der Waals surface area contributed by atoms with E-state index < -0.39 is 5.60 Å². The molecule has 2 heterocycles. The van der Waals surface area contributed by atoms with Gasteiger partial charge in [-0.25, -0.2) is 0 Å². The number of hydrogen-bond donors (Lipinski definition) is 2. The summed E-state index contributed by atoms with van der Waals surface area (Å²) >= 11 is 0. The topological polar surface area (TPSA) is 71.2 Å². The summed E-state index contributed by atoms with van der Waals surface area (Å²) in [5.41, 5.74) is 1.39. The van der Waals surface area contributed by atoms with Gasteiger partial charge in [0, 0.05) is 6.42 Å². The highest BCUT2D eigenvalue weighted by Crippen LogP contribution is 2.29. The maximum absolute atomic E-state index is 10.5. The lowest BCUT2D eigenvalue weighted by molar-refractivity contribution is -0.0228. The van der Waals surface area contributed by atoms with Crippen LogP contribution in [0.1, 0.15) is 35.7 Å². The van der Waals surface area contributed by atoms with Crippen LogP contribution in [0.3, 0.4) is 0 Å². The van der Waals surface area contributed by atoms with Crippen LogP contribution in [0.5, 0.6) is 0 Å². The number of aliphatic hydroxyl groups is 1. The molecule has 0 atom stereocenters. The maximum Gasteiger partial charge on any atom is 0.258 e. The lowest BCUT2D eigenvalue weighted by atomic mass is 9.92. The first-order valence-corrected chi connectivity index (χ1v) is 6.97. The van der Waals surface area contributed by atoms with Crippen molar-refractivity contribution in [3.05, 3.63) is 47.1 Å². The van der Waals surface area contributed by atoms with Gasteiger partial charge in [0.25, 0.3) is 5.89 Å². The third-order valence-electron chi connectivity index (χ3n) is 3.74. The standard InChI is InChI=1S/C15H19N3O2/c1-11-3-2-4-12(9-11)10-13-17-14(20-18-13)15(19)5-7-16-8-6-15/h2-4,9,16,19H,5-8,10H2,1H3. The second-order valence-electron chi connectivity index (χ2n) is 5.46. The van der Waals surface area contributed by atoms with Gasteiger partial charge in [-0.1, -0.05) is 35.0 Å². The summed E-state index contributed by atoms with van der Waals surface area (Å²) in [6.07, 6.45) is 1.84. The van der Waals surface area contributed by atoms with Gasteiger partial charge in [0.1, 0.15) is 5.60 Å². The Morgan fingerprint density at radius 2 is 2.15 bits per heavy atom. The van der Waals surface area contributed by atoms with Crippen molar-refractivity contribution < 1.29 is 9.63 Å². The van der Waals surface area contributed by atoms with Crippen LogP contribution in [0.4, 0.5) is 0 Å². The minimum absolute atomic E-state index is 0.349. The summed E-state index contributed by atoms with van der Waals surface area (Å²) in [6.45, 7) is 3.60. The van der Waals surface area contributed by atoms with Crippen molar-refractivity contribution in [2.45, 2.75) is 31.8 Å². The second kappa shape index (κ2) is 5.34. The molecule has 1 saturated heterocycles. The molecule has 0 spiro atoms. The monoisotopic (exact) mass is 273 g/mol. The zero-order chi connectivity index (χ0) is 14.0. The molecular weight excluding hydrogens is 254 g/mol. The number of nitrogens with one attached hydrogen (secondary N) is 1. The van der Waals surface area contributed by atoms with Gasteiger partial charge in [-0.2, -0.15) is 4.98 Å². The highest BCUT2D eigenvalue weighted by Gasteiger charge is 2.36. The zero-order valence-corrected chi connectivity index (χ0v) is 11.6. The number of piperidine rings is 1. The van der Waals surface area contributed by atoms with E-state index in [-0.39, 0.29) is 0 Å². The molecule has 1 aliphatic rings. The van der Waals surface area contributed by atoms with Gasteiger partial charge in [-0.05, 0) is 38.4 Å². The van der Waals surface area contributed by atoms with E-state index in [4.69, 9.17) is 4.52 Å². The molecule has 1 aromatic heterocycles. The number of aryl methyl sites for hydroxylation is 1. The fourth-order valence-electron chi connectivity index (χ4n) is 2.57. The lowest BCUT2D eigenvalue weighted by Crippen LogP contribution is -2.39. The van der Waals surface area contributed by atoms with Gasteiger partial charge >= 0.3 is 0 Å². The van der Waals surface area contributed by atoms with Gasteiger partial charge in [0.2, 0.25) is 0 Å². The molecule has 5 heteroatoms. The van der Waals surface area contributed by atoms with Crippen LogP contribution >= 0.6 is 0 Å². The number of hydrogen-bond acceptors (Lipinski definition) is 5. The highest BCUT2D eigenvalue weighted by atomic mass is 16.5. The largest absolute Gasteiger partial charge is 0.380 e. The Bertz CT molecular complexity index is 588.